The number of carbonyl (C=O) groups excluding carboxylic acids is 6. The van der Waals surface area contributed by atoms with Gasteiger partial charge in [-0.05, 0) is 56.9 Å². The van der Waals surface area contributed by atoms with Crippen LogP contribution in [0.5, 0.6) is 0 Å². The van der Waals surface area contributed by atoms with Crippen molar-refractivity contribution in [3.63, 3.8) is 0 Å². The molecular formula is C39H49N9O6S. The number of aromatic nitrogens is 3. The van der Waals surface area contributed by atoms with Crippen LogP contribution in [-0.4, -0.2) is 117 Å². The van der Waals surface area contributed by atoms with E-state index in [1.807, 2.05) is 45.0 Å². The molecule has 0 saturated heterocycles. The van der Waals surface area contributed by atoms with E-state index < -0.39 is 53.6 Å². The van der Waals surface area contributed by atoms with Crippen LogP contribution >= 0.6 is 11.3 Å². The van der Waals surface area contributed by atoms with Gasteiger partial charge in [0, 0.05) is 61.8 Å². The number of amides is 6. The van der Waals surface area contributed by atoms with Crippen LogP contribution in [0.15, 0.2) is 48.0 Å². The van der Waals surface area contributed by atoms with Gasteiger partial charge in [-0.3, -0.25) is 33.8 Å². The molecule has 4 aromatic rings. The number of rotatable bonds is 5. The van der Waals surface area contributed by atoms with E-state index in [1.54, 1.807) is 37.7 Å². The van der Waals surface area contributed by atoms with Crippen LogP contribution in [0, 0.1) is 19.8 Å². The topological polar surface area (TPSA) is 190 Å². The molecule has 1 aromatic carbocycles. The van der Waals surface area contributed by atoms with Gasteiger partial charge in [0.15, 0.2) is 0 Å². The summed E-state index contributed by atoms with van der Waals surface area (Å²) in [6.07, 6.45) is 2.41. The Bertz CT molecular complexity index is 2080. The largest absolute Gasteiger partial charge is 0.361 e. The molecule has 1 aliphatic heterocycles. The Hall–Kier alpha value is -5.64. The van der Waals surface area contributed by atoms with Gasteiger partial charge in [-0.25, -0.2) is 4.98 Å². The van der Waals surface area contributed by atoms with Gasteiger partial charge in [0.05, 0.1) is 30.4 Å². The number of H-pyrrole nitrogens is 1. The van der Waals surface area contributed by atoms with Gasteiger partial charge in [-0.1, -0.05) is 32.0 Å². The molecule has 292 valence electrons. The molecular weight excluding hydrogens is 723 g/mol. The fourth-order valence-electron chi connectivity index (χ4n) is 6.57. The van der Waals surface area contributed by atoms with E-state index in [1.165, 1.54) is 40.0 Å². The molecule has 0 spiro atoms. The fraction of sp³-hybridized carbons (Fsp3) is 0.436. The summed E-state index contributed by atoms with van der Waals surface area (Å²) in [5.41, 5.74) is 3.30. The highest BCUT2D eigenvalue weighted by Gasteiger charge is 2.31. The monoisotopic (exact) mass is 771 g/mol. The van der Waals surface area contributed by atoms with Gasteiger partial charge in [0.25, 0.3) is 11.8 Å². The lowest BCUT2D eigenvalue weighted by molar-refractivity contribution is -0.138. The number of aryl methyl sites for hydroxylation is 2. The summed E-state index contributed by atoms with van der Waals surface area (Å²) in [5.74, 6) is -2.87. The lowest BCUT2D eigenvalue weighted by atomic mass is 10.0. The quantitative estimate of drug-likeness (QED) is 0.238. The normalized spacial score (nSPS) is 20.0. The van der Waals surface area contributed by atoms with Crippen molar-refractivity contribution >= 4 is 57.7 Å². The molecule has 55 heavy (non-hydrogen) atoms. The Morgan fingerprint density at radius 3 is 2.33 bits per heavy atom. The third-order valence-corrected chi connectivity index (χ3v) is 10.4. The second-order valence-electron chi connectivity index (χ2n) is 14.5. The van der Waals surface area contributed by atoms with Crippen LogP contribution in [0.2, 0.25) is 0 Å². The fourth-order valence-corrected chi connectivity index (χ4v) is 7.43. The molecule has 0 radical (unpaired) electrons. The van der Waals surface area contributed by atoms with Crippen LogP contribution in [0.3, 0.4) is 0 Å². The standard InChI is InChI=1S/C39H49N9O6S/c1-22(2)16-30-36-45-32(21-55-36)35(51)44-31(17-26-18-40-29-11-9-8-10-28(26)29)39(54)47(7)19-33(49)42-25(5)37(52)46(6)14-15-48(20-34(50)43-30)38(53)27-13-12-23(3)41-24(27)4/h8-13,18,21-22,25,30-31,40H,14-17,19-20H2,1-7H3,(H,42,49)(H,43,50)(H,44,51)/t25-,30-,31+/m0/s1. The van der Waals surface area contributed by atoms with Gasteiger partial charge >= 0.3 is 0 Å². The first-order chi connectivity index (χ1) is 26.1. The molecule has 16 heteroatoms. The lowest BCUT2D eigenvalue weighted by Crippen LogP contribution is -2.53. The van der Waals surface area contributed by atoms with Gasteiger partial charge in [0.1, 0.15) is 22.8 Å². The van der Waals surface area contributed by atoms with Crippen LogP contribution in [0.1, 0.15) is 76.0 Å². The van der Waals surface area contributed by atoms with E-state index in [-0.39, 0.29) is 44.2 Å². The molecule has 4 N–H and O–H groups in total. The first-order valence-corrected chi connectivity index (χ1v) is 19.1. The zero-order valence-electron chi connectivity index (χ0n) is 32.3. The Morgan fingerprint density at radius 1 is 0.873 bits per heavy atom. The summed E-state index contributed by atoms with van der Waals surface area (Å²) in [7, 11) is 3.01. The number of aromatic amines is 1. The summed E-state index contributed by atoms with van der Waals surface area (Å²) in [6.45, 7) is 8.44. The van der Waals surface area contributed by atoms with Gasteiger partial charge < -0.3 is 35.6 Å². The van der Waals surface area contributed by atoms with E-state index >= 15 is 0 Å². The Labute approximate surface area is 324 Å². The van der Waals surface area contributed by atoms with Crippen LogP contribution < -0.4 is 16.0 Å². The highest BCUT2D eigenvalue weighted by atomic mass is 32.1. The number of para-hydroxylation sites is 1. The molecule has 3 atom stereocenters. The maximum Gasteiger partial charge on any atom is 0.271 e. The van der Waals surface area contributed by atoms with Crippen molar-refractivity contribution in [1.82, 2.24) is 45.6 Å². The minimum absolute atomic E-state index is 0.00789. The molecule has 0 saturated carbocycles. The van der Waals surface area contributed by atoms with Crippen molar-refractivity contribution in [2.24, 2.45) is 5.92 Å². The second kappa shape index (κ2) is 17.7. The lowest BCUT2D eigenvalue weighted by Gasteiger charge is -2.28. The first-order valence-electron chi connectivity index (χ1n) is 18.2. The first kappa shape index (κ1) is 40.5. The van der Waals surface area contributed by atoms with Crippen LogP contribution in [0.25, 0.3) is 10.9 Å². The summed E-state index contributed by atoms with van der Waals surface area (Å²) in [4.78, 5) is 98.2. The van der Waals surface area contributed by atoms with E-state index in [2.05, 4.69) is 30.9 Å². The van der Waals surface area contributed by atoms with E-state index in [0.29, 0.717) is 22.7 Å². The minimum Gasteiger partial charge on any atom is -0.361 e. The predicted molar refractivity (Wildman–Crippen MR) is 208 cm³/mol. The average Bonchev–Trinajstić information content (AvgIpc) is 3.79. The Morgan fingerprint density at radius 2 is 1.60 bits per heavy atom. The van der Waals surface area contributed by atoms with Crippen molar-refractivity contribution in [2.45, 2.75) is 65.6 Å². The summed E-state index contributed by atoms with van der Waals surface area (Å²) in [5, 5.41) is 11.5. The molecule has 3 aromatic heterocycles. The molecule has 2 bridgehead atoms. The number of pyridine rings is 1. The molecule has 0 fully saturated rings. The van der Waals surface area contributed by atoms with E-state index in [4.69, 9.17) is 0 Å². The molecule has 6 amide bonds. The van der Waals surface area contributed by atoms with Crippen molar-refractivity contribution in [2.75, 3.05) is 40.3 Å². The summed E-state index contributed by atoms with van der Waals surface area (Å²) < 4.78 is 0. The number of nitrogens with zero attached hydrogens (tertiary/aromatic N) is 5. The molecule has 5 rings (SSSR count). The molecule has 4 heterocycles. The van der Waals surface area contributed by atoms with Crippen LogP contribution in [-0.2, 0) is 25.6 Å². The Kier molecular flexibility index (Phi) is 13.0. The summed E-state index contributed by atoms with van der Waals surface area (Å²) in [6, 6.07) is 8.37. The van der Waals surface area contributed by atoms with E-state index in [9.17, 15) is 28.8 Å². The smallest absolute Gasteiger partial charge is 0.271 e. The molecule has 15 nitrogen and oxygen atoms in total. The molecule has 1 aliphatic rings. The number of hydrogen-bond acceptors (Lipinski definition) is 9. The highest BCUT2D eigenvalue weighted by Crippen LogP contribution is 2.26. The molecule has 0 unspecified atom stereocenters. The second-order valence-corrected chi connectivity index (χ2v) is 15.4. The summed E-state index contributed by atoms with van der Waals surface area (Å²) >= 11 is 1.20. The third-order valence-electron chi connectivity index (χ3n) is 9.46. The Balaban J connectivity index is 1.48. The zero-order valence-corrected chi connectivity index (χ0v) is 33.1. The number of hydrogen-bond donors (Lipinski definition) is 4. The maximum absolute atomic E-state index is 14.0. The number of thiazole rings is 1. The van der Waals surface area contributed by atoms with Crippen molar-refractivity contribution in [1.29, 1.82) is 0 Å². The number of carbonyl (C=O) groups is 6. The third kappa shape index (κ3) is 10.1. The van der Waals surface area contributed by atoms with Gasteiger partial charge in [-0.2, -0.15) is 0 Å². The van der Waals surface area contributed by atoms with Crippen molar-refractivity contribution in [3.8, 4) is 0 Å². The van der Waals surface area contributed by atoms with E-state index in [0.717, 1.165) is 22.2 Å². The van der Waals surface area contributed by atoms with Gasteiger partial charge in [0.2, 0.25) is 23.6 Å². The average molecular weight is 772 g/mol. The van der Waals surface area contributed by atoms with Crippen LogP contribution in [0.4, 0.5) is 0 Å². The molecule has 0 aliphatic carbocycles. The maximum atomic E-state index is 14.0. The SMILES string of the molecule is Cc1ccc(C(=O)N2CCN(C)C(=O)[C@H](C)NC(=O)CN(C)C(=O)[C@@H](Cc3c[nH]c4ccccc34)NC(=O)c3csc(n3)[C@H](CC(C)C)NC(=O)C2)c(C)n1. The number of nitrogens with one attached hydrogen (secondary N) is 4. The van der Waals surface area contributed by atoms with Gasteiger partial charge in [-0.15, -0.1) is 11.3 Å². The zero-order chi connectivity index (χ0) is 40.0. The number of fused-ring (bicyclic) bond motifs is 3. The highest BCUT2D eigenvalue weighted by molar-refractivity contribution is 7.09. The van der Waals surface area contributed by atoms with Crippen molar-refractivity contribution in [3.05, 3.63) is 81.2 Å². The minimum atomic E-state index is -1.07. The predicted octanol–water partition coefficient (Wildman–Crippen LogP) is 2.76. The number of benzene rings is 1. The van der Waals surface area contributed by atoms with Crippen molar-refractivity contribution < 1.29 is 28.8 Å². The number of likely N-dealkylation sites (N-methyl/N-ethyl adjacent to an activating group) is 2.